The predicted molar refractivity (Wildman–Crippen MR) is 74.2 cm³/mol. The summed E-state index contributed by atoms with van der Waals surface area (Å²) in [7, 11) is 0. The number of carboxylic acid groups (broad SMARTS) is 1. The molecular weight excluding hydrogens is 242 g/mol. The van der Waals surface area contributed by atoms with E-state index in [-0.39, 0.29) is 23.3 Å². The van der Waals surface area contributed by atoms with Crippen molar-refractivity contribution in [3.63, 3.8) is 0 Å². The normalized spacial score (nSPS) is 34.9. The number of carbonyl (C=O) groups is 1. The Morgan fingerprint density at radius 2 is 1.89 bits per heavy atom. The van der Waals surface area contributed by atoms with E-state index >= 15 is 0 Å². The van der Waals surface area contributed by atoms with Crippen LogP contribution in [0.5, 0.6) is 0 Å². The van der Waals surface area contributed by atoms with Crippen LogP contribution >= 0.6 is 0 Å². The molecule has 4 heteroatoms. The summed E-state index contributed by atoms with van der Waals surface area (Å²) in [5.74, 6) is -0.678. The fraction of sp³-hybridized carbons (Fsp3) is 0.933. The van der Waals surface area contributed by atoms with E-state index in [4.69, 9.17) is 4.74 Å². The van der Waals surface area contributed by atoms with Gasteiger partial charge in [0.1, 0.15) is 6.04 Å². The summed E-state index contributed by atoms with van der Waals surface area (Å²) in [6.07, 6.45) is 4.92. The number of nitrogens with zero attached hydrogens (tertiary/aromatic N) is 1. The molecule has 0 amide bonds. The highest BCUT2D eigenvalue weighted by molar-refractivity contribution is 5.73. The van der Waals surface area contributed by atoms with Crippen LogP contribution in [0.3, 0.4) is 0 Å². The SMILES string of the molecule is CC1(C)CC(N2CCCCCC2C(=O)O)C(C)(C)O1. The lowest BCUT2D eigenvalue weighted by atomic mass is 9.91. The molecule has 0 saturated carbocycles. The average Bonchev–Trinajstić information content (AvgIpc) is 2.44. The van der Waals surface area contributed by atoms with Gasteiger partial charge in [0.2, 0.25) is 0 Å². The summed E-state index contributed by atoms with van der Waals surface area (Å²) in [6.45, 7) is 9.27. The van der Waals surface area contributed by atoms with E-state index in [0.717, 1.165) is 38.6 Å². The van der Waals surface area contributed by atoms with Crippen molar-refractivity contribution in [1.82, 2.24) is 4.90 Å². The molecule has 2 atom stereocenters. The Morgan fingerprint density at radius 3 is 2.42 bits per heavy atom. The number of carboxylic acids is 1. The van der Waals surface area contributed by atoms with Gasteiger partial charge in [0.15, 0.2) is 0 Å². The van der Waals surface area contributed by atoms with Crippen LogP contribution in [0.25, 0.3) is 0 Å². The summed E-state index contributed by atoms with van der Waals surface area (Å²) in [5, 5.41) is 9.51. The van der Waals surface area contributed by atoms with Gasteiger partial charge < -0.3 is 9.84 Å². The molecule has 0 aromatic heterocycles. The highest BCUT2D eigenvalue weighted by Gasteiger charge is 2.50. The van der Waals surface area contributed by atoms with Crippen LogP contribution < -0.4 is 0 Å². The fourth-order valence-electron chi connectivity index (χ4n) is 3.82. The number of hydrogen-bond acceptors (Lipinski definition) is 3. The molecule has 0 radical (unpaired) electrons. The van der Waals surface area contributed by atoms with E-state index in [0.29, 0.717) is 0 Å². The van der Waals surface area contributed by atoms with E-state index in [1.165, 1.54) is 0 Å². The molecule has 4 nitrogen and oxygen atoms in total. The van der Waals surface area contributed by atoms with E-state index < -0.39 is 5.97 Å². The van der Waals surface area contributed by atoms with Crippen molar-refractivity contribution in [2.45, 2.75) is 83.1 Å². The number of likely N-dealkylation sites (tertiary alicyclic amines) is 1. The average molecular weight is 269 g/mol. The first-order valence-corrected chi connectivity index (χ1v) is 7.42. The monoisotopic (exact) mass is 269 g/mol. The highest BCUT2D eigenvalue weighted by atomic mass is 16.5. The minimum absolute atomic E-state index is 0.163. The smallest absolute Gasteiger partial charge is 0.320 e. The summed E-state index contributed by atoms with van der Waals surface area (Å²) in [6, 6.07) is -0.147. The van der Waals surface area contributed by atoms with Crippen molar-refractivity contribution in [3.05, 3.63) is 0 Å². The van der Waals surface area contributed by atoms with Gasteiger partial charge in [-0.1, -0.05) is 12.8 Å². The Labute approximate surface area is 116 Å². The van der Waals surface area contributed by atoms with Crippen LogP contribution in [-0.4, -0.2) is 45.8 Å². The van der Waals surface area contributed by atoms with Gasteiger partial charge in [0.25, 0.3) is 0 Å². The van der Waals surface area contributed by atoms with Crippen molar-refractivity contribution in [2.24, 2.45) is 0 Å². The van der Waals surface area contributed by atoms with Crippen LogP contribution in [0.1, 0.15) is 59.8 Å². The number of aliphatic carboxylic acids is 1. The molecule has 0 aliphatic carbocycles. The zero-order valence-corrected chi connectivity index (χ0v) is 12.6. The Kier molecular flexibility index (Phi) is 3.94. The molecule has 2 saturated heterocycles. The minimum atomic E-state index is -0.678. The lowest BCUT2D eigenvalue weighted by molar-refractivity contribution is -0.146. The first-order valence-electron chi connectivity index (χ1n) is 7.42. The summed E-state index contributed by atoms with van der Waals surface area (Å²) < 4.78 is 6.14. The van der Waals surface area contributed by atoms with Crippen molar-refractivity contribution in [2.75, 3.05) is 6.54 Å². The number of hydrogen-bond donors (Lipinski definition) is 1. The van der Waals surface area contributed by atoms with Crippen molar-refractivity contribution in [3.8, 4) is 0 Å². The molecular formula is C15H27NO3. The molecule has 2 aliphatic rings. The first kappa shape index (κ1) is 14.8. The second-order valence-electron chi connectivity index (χ2n) is 7.13. The topological polar surface area (TPSA) is 49.8 Å². The van der Waals surface area contributed by atoms with E-state index in [2.05, 4.69) is 32.6 Å². The molecule has 2 aliphatic heterocycles. The lowest BCUT2D eigenvalue weighted by Crippen LogP contribution is -2.53. The summed E-state index contributed by atoms with van der Waals surface area (Å²) in [4.78, 5) is 13.8. The van der Waals surface area contributed by atoms with E-state index in [1.54, 1.807) is 0 Å². The molecule has 2 fully saturated rings. The summed E-state index contributed by atoms with van der Waals surface area (Å²) >= 11 is 0. The van der Waals surface area contributed by atoms with Gasteiger partial charge >= 0.3 is 5.97 Å². The molecule has 19 heavy (non-hydrogen) atoms. The Hall–Kier alpha value is -0.610. The van der Waals surface area contributed by atoms with Crippen molar-refractivity contribution >= 4 is 5.97 Å². The molecule has 0 aromatic carbocycles. The molecule has 0 spiro atoms. The largest absolute Gasteiger partial charge is 0.480 e. The third-order valence-electron chi connectivity index (χ3n) is 4.51. The second kappa shape index (κ2) is 5.06. The standard InChI is InChI=1S/C15H27NO3/c1-14(2)10-12(15(3,4)19-14)16-9-7-5-6-8-11(16)13(17)18/h11-12H,5-10H2,1-4H3,(H,17,18). The number of rotatable bonds is 2. The van der Waals surface area contributed by atoms with Gasteiger partial charge in [0.05, 0.1) is 11.2 Å². The van der Waals surface area contributed by atoms with Crippen LogP contribution in [0.4, 0.5) is 0 Å². The van der Waals surface area contributed by atoms with Gasteiger partial charge in [-0.05, 0) is 53.5 Å². The molecule has 2 unspecified atom stereocenters. The van der Waals surface area contributed by atoms with Crippen LogP contribution in [0.15, 0.2) is 0 Å². The number of ether oxygens (including phenoxy) is 1. The van der Waals surface area contributed by atoms with Gasteiger partial charge in [-0.15, -0.1) is 0 Å². The van der Waals surface area contributed by atoms with Crippen LogP contribution in [0, 0.1) is 0 Å². The molecule has 0 bridgehead atoms. The molecule has 2 heterocycles. The summed E-state index contributed by atoms with van der Waals surface area (Å²) in [5.41, 5.74) is -0.439. The predicted octanol–water partition coefficient (Wildman–Crippen LogP) is 2.66. The van der Waals surface area contributed by atoms with E-state index in [9.17, 15) is 9.90 Å². The van der Waals surface area contributed by atoms with Crippen molar-refractivity contribution < 1.29 is 14.6 Å². The van der Waals surface area contributed by atoms with Gasteiger partial charge in [-0.2, -0.15) is 0 Å². The zero-order valence-electron chi connectivity index (χ0n) is 12.6. The zero-order chi connectivity index (χ0) is 14.3. The minimum Gasteiger partial charge on any atom is -0.480 e. The highest BCUT2D eigenvalue weighted by Crippen LogP contribution is 2.41. The molecule has 110 valence electrons. The lowest BCUT2D eigenvalue weighted by Gasteiger charge is -2.38. The Bertz CT molecular complexity index is 351. The maximum atomic E-state index is 11.6. The van der Waals surface area contributed by atoms with Gasteiger partial charge in [-0.25, -0.2) is 0 Å². The van der Waals surface area contributed by atoms with Crippen LogP contribution in [-0.2, 0) is 9.53 Å². The van der Waals surface area contributed by atoms with E-state index in [1.807, 2.05) is 0 Å². The molecule has 1 N–H and O–H groups in total. The first-order chi connectivity index (χ1) is 8.73. The quantitative estimate of drug-likeness (QED) is 0.837. The Morgan fingerprint density at radius 1 is 1.21 bits per heavy atom. The maximum Gasteiger partial charge on any atom is 0.320 e. The Balaban J connectivity index is 2.24. The molecule has 2 rings (SSSR count). The third-order valence-corrected chi connectivity index (χ3v) is 4.51. The second-order valence-corrected chi connectivity index (χ2v) is 7.13. The third kappa shape index (κ3) is 3.11. The van der Waals surface area contributed by atoms with Crippen molar-refractivity contribution in [1.29, 1.82) is 0 Å². The van der Waals surface area contributed by atoms with Crippen LogP contribution in [0.2, 0.25) is 0 Å². The maximum absolute atomic E-state index is 11.6. The molecule has 0 aromatic rings. The fourth-order valence-corrected chi connectivity index (χ4v) is 3.82. The van der Waals surface area contributed by atoms with Gasteiger partial charge in [-0.3, -0.25) is 9.69 Å². The van der Waals surface area contributed by atoms with Gasteiger partial charge in [0, 0.05) is 6.04 Å².